The van der Waals surface area contributed by atoms with E-state index in [1.807, 2.05) is 0 Å². The summed E-state index contributed by atoms with van der Waals surface area (Å²) in [5, 5.41) is 59.5. The highest BCUT2D eigenvalue weighted by molar-refractivity contribution is 5.89. The van der Waals surface area contributed by atoms with Gasteiger partial charge in [0.15, 0.2) is 6.29 Å². The van der Waals surface area contributed by atoms with Crippen molar-refractivity contribution in [1.29, 1.82) is 0 Å². The second-order valence-electron chi connectivity index (χ2n) is 6.96. The number of hydrogen-bond donors (Lipinski definition) is 6. The number of aliphatic hydroxyl groups excluding tert-OH is 5. The zero-order valence-electron chi connectivity index (χ0n) is 15.0. The van der Waals surface area contributed by atoms with Crippen LogP contribution in [0.5, 0.6) is 0 Å². The van der Waals surface area contributed by atoms with Crippen molar-refractivity contribution in [2.45, 2.75) is 42.6 Å². The summed E-state index contributed by atoms with van der Waals surface area (Å²) in [6.07, 6.45) is -4.99. The zero-order valence-corrected chi connectivity index (χ0v) is 15.0. The van der Waals surface area contributed by atoms with E-state index >= 15 is 0 Å². The summed E-state index contributed by atoms with van der Waals surface area (Å²) >= 11 is 0. The molecule has 1 saturated heterocycles. The summed E-state index contributed by atoms with van der Waals surface area (Å²) in [5.74, 6) is -2.40. The zero-order chi connectivity index (χ0) is 20.6. The molecule has 1 fully saturated rings. The monoisotopic (exact) mass is 404 g/mol. The number of carbonyl (C=O) groups is 1. The summed E-state index contributed by atoms with van der Waals surface area (Å²) in [6, 6.07) is 0. The van der Waals surface area contributed by atoms with E-state index in [4.69, 9.17) is 18.9 Å². The number of carbonyl (C=O) groups excluding carboxylic acids is 1. The standard InChI is InChI=1S/C17H24O11/c1-25-14(23)8-5-26-15(10-7(8)2-3-17(10,24)6-19)28-16-13(22)12(21)11(20)9(4-18)27-16/h2-3,5,7,9-13,15-16,18-22,24H,4,6H2,1H3/t7-,9+,10-,11+,12-,13+,15+,16-,17+/m0/s1. The molecule has 0 saturated carbocycles. The van der Waals surface area contributed by atoms with Crippen LogP contribution in [0.1, 0.15) is 0 Å². The molecule has 0 aromatic carbocycles. The maximum atomic E-state index is 12.0. The molecule has 158 valence electrons. The minimum atomic E-state index is -1.79. The van der Waals surface area contributed by atoms with Gasteiger partial charge in [-0.2, -0.15) is 0 Å². The smallest absolute Gasteiger partial charge is 0.337 e. The van der Waals surface area contributed by atoms with Crippen LogP contribution in [-0.4, -0.2) is 99.5 Å². The van der Waals surface area contributed by atoms with Gasteiger partial charge in [0.05, 0.1) is 38.1 Å². The van der Waals surface area contributed by atoms with Gasteiger partial charge in [0.1, 0.15) is 30.0 Å². The first-order chi connectivity index (χ1) is 13.3. The Morgan fingerprint density at radius 1 is 1.18 bits per heavy atom. The normalized spacial score (nSPS) is 45.2. The van der Waals surface area contributed by atoms with E-state index in [9.17, 15) is 35.4 Å². The maximum Gasteiger partial charge on any atom is 0.337 e. The van der Waals surface area contributed by atoms with E-state index in [1.54, 1.807) is 0 Å². The molecule has 28 heavy (non-hydrogen) atoms. The molecule has 2 aliphatic heterocycles. The number of esters is 1. The Kier molecular flexibility index (Phi) is 6.08. The Hall–Kier alpha value is -1.57. The van der Waals surface area contributed by atoms with Gasteiger partial charge in [-0.15, -0.1) is 0 Å². The third-order valence-corrected chi connectivity index (χ3v) is 5.33. The van der Waals surface area contributed by atoms with Gasteiger partial charge >= 0.3 is 5.97 Å². The molecule has 3 rings (SSSR count). The molecule has 3 aliphatic rings. The molecule has 0 bridgehead atoms. The Balaban J connectivity index is 1.85. The number of allylic oxidation sites excluding steroid dienone is 1. The van der Waals surface area contributed by atoms with Crippen LogP contribution < -0.4 is 0 Å². The average Bonchev–Trinajstić information content (AvgIpc) is 3.06. The van der Waals surface area contributed by atoms with Crippen LogP contribution in [0.15, 0.2) is 24.0 Å². The molecular formula is C17H24O11. The molecular weight excluding hydrogens is 380 g/mol. The van der Waals surface area contributed by atoms with Gasteiger partial charge in [0.2, 0.25) is 6.29 Å². The molecule has 0 spiro atoms. The molecule has 0 unspecified atom stereocenters. The van der Waals surface area contributed by atoms with Crippen LogP contribution in [0.25, 0.3) is 0 Å². The highest BCUT2D eigenvalue weighted by atomic mass is 16.8. The number of rotatable bonds is 5. The lowest BCUT2D eigenvalue weighted by atomic mass is 9.79. The van der Waals surface area contributed by atoms with Crippen LogP contribution in [0.4, 0.5) is 0 Å². The lowest BCUT2D eigenvalue weighted by molar-refractivity contribution is -0.346. The van der Waals surface area contributed by atoms with E-state index in [2.05, 4.69) is 0 Å². The Morgan fingerprint density at radius 3 is 2.50 bits per heavy atom. The highest BCUT2D eigenvalue weighted by Gasteiger charge is 2.55. The largest absolute Gasteiger partial charge is 0.471 e. The predicted molar refractivity (Wildman–Crippen MR) is 88.0 cm³/mol. The number of methoxy groups -OCH3 is 1. The highest BCUT2D eigenvalue weighted by Crippen LogP contribution is 2.45. The third-order valence-electron chi connectivity index (χ3n) is 5.33. The van der Waals surface area contributed by atoms with Crippen molar-refractivity contribution < 1.29 is 54.4 Å². The minimum absolute atomic E-state index is 0.0989. The van der Waals surface area contributed by atoms with Gasteiger partial charge in [-0.25, -0.2) is 4.79 Å². The quantitative estimate of drug-likeness (QED) is 0.200. The number of hydrogen-bond acceptors (Lipinski definition) is 11. The summed E-state index contributed by atoms with van der Waals surface area (Å²) in [4.78, 5) is 12.0. The van der Waals surface area contributed by atoms with Crippen molar-refractivity contribution in [3.63, 3.8) is 0 Å². The maximum absolute atomic E-state index is 12.0. The molecule has 11 heteroatoms. The predicted octanol–water partition coefficient (Wildman–Crippen LogP) is -3.26. The van der Waals surface area contributed by atoms with Gasteiger partial charge in [-0.05, 0) is 0 Å². The van der Waals surface area contributed by atoms with Gasteiger partial charge < -0.3 is 49.6 Å². The van der Waals surface area contributed by atoms with Crippen molar-refractivity contribution in [2.75, 3.05) is 20.3 Å². The fraction of sp³-hybridized carbons (Fsp3) is 0.706. The molecule has 2 heterocycles. The van der Waals surface area contributed by atoms with Gasteiger partial charge in [-0.3, -0.25) is 0 Å². The van der Waals surface area contributed by atoms with E-state index < -0.39 is 73.6 Å². The molecule has 11 nitrogen and oxygen atoms in total. The van der Waals surface area contributed by atoms with E-state index in [0.29, 0.717) is 0 Å². The molecule has 6 N–H and O–H groups in total. The fourth-order valence-corrected chi connectivity index (χ4v) is 3.71. The van der Waals surface area contributed by atoms with Gasteiger partial charge in [0, 0.05) is 5.92 Å². The molecule has 0 aromatic heterocycles. The minimum Gasteiger partial charge on any atom is -0.471 e. The molecule has 1 aliphatic carbocycles. The van der Waals surface area contributed by atoms with Crippen LogP contribution in [0.3, 0.4) is 0 Å². The van der Waals surface area contributed by atoms with E-state index in [-0.39, 0.29) is 5.57 Å². The topological polar surface area (TPSA) is 175 Å². The summed E-state index contributed by atoms with van der Waals surface area (Å²) < 4.78 is 21.0. The molecule has 9 atom stereocenters. The lowest BCUT2D eigenvalue weighted by Crippen LogP contribution is -2.61. The number of fused-ring (bicyclic) bond motifs is 1. The van der Waals surface area contributed by atoms with E-state index in [1.165, 1.54) is 19.3 Å². The van der Waals surface area contributed by atoms with Crippen LogP contribution in [0, 0.1) is 11.8 Å². The Labute approximate surface area is 160 Å². The summed E-state index contributed by atoms with van der Waals surface area (Å²) in [7, 11) is 1.19. The van der Waals surface area contributed by atoms with Crippen molar-refractivity contribution in [3.8, 4) is 0 Å². The second-order valence-corrected chi connectivity index (χ2v) is 6.96. The lowest BCUT2D eigenvalue weighted by Gasteiger charge is -2.44. The second kappa shape index (κ2) is 8.05. The average molecular weight is 404 g/mol. The molecule has 0 radical (unpaired) electrons. The SMILES string of the molecule is COC(=O)C1=CO[C@H](O[C@@H]2O[C@H](CO)[C@@H](O)[C@H](O)[C@H]2O)[C@@H]2[C@H]1C=C[C@@]2(O)CO. The van der Waals surface area contributed by atoms with Crippen LogP contribution >= 0.6 is 0 Å². The Morgan fingerprint density at radius 2 is 1.89 bits per heavy atom. The third kappa shape index (κ3) is 3.44. The first-order valence-corrected chi connectivity index (χ1v) is 8.69. The number of ether oxygens (including phenoxy) is 4. The summed E-state index contributed by atoms with van der Waals surface area (Å²) in [5.41, 5.74) is -1.70. The van der Waals surface area contributed by atoms with Crippen molar-refractivity contribution in [3.05, 3.63) is 24.0 Å². The first-order valence-electron chi connectivity index (χ1n) is 8.69. The van der Waals surface area contributed by atoms with Crippen LogP contribution in [-0.2, 0) is 23.7 Å². The van der Waals surface area contributed by atoms with Crippen molar-refractivity contribution in [1.82, 2.24) is 0 Å². The first kappa shape index (κ1) is 21.1. The van der Waals surface area contributed by atoms with Crippen molar-refractivity contribution in [2.24, 2.45) is 11.8 Å². The molecule has 0 amide bonds. The number of aliphatic hydroxyl groups is 6. The van der Waals surface area contributed by atoms with E-state index in [0.717, 1.165) is 6.26 Å². The van der Waals surface area contributed by atoms with Gasteiger partial charge in [0.25, 0.3) is 0 Å². The summed E-state index contributed by atoms with van der Waals surface area (Å²) in [6.45, 7) is -1.34. The van der Waals surface area contributed by atoms with Crippen molar-refractivity contribution >= 4 is 5.97 Å². The molecule has 0 aromatic rings. The van der Waals surface area contributed by atoms with Gasteiger partial charge in [-0.1, -0.05) is 12.2 Å². The van der Waals surface area contributed by atoms with Crippen LogP contribution in [0.2, 0.25) is 0 Å². The fourth-order valence-electron chi connectivity index (χ4n) is 3.71. The Bertz CT molecular complexity index is 647.